The average molecular weight is 373 g/mol. The zero-order chi connectivity index (χ0) is 16.3. The molecule has 0 unspecified atom stereocenters. The first kappa shape index (κ1) is 16.2. The van der Waals surface area contributed by atoms with Crippen LogP contribution >= 0.6 is 15.9 Å². The van der Waals surface area contributed by atoms with Gasteiger partial charge in [-0.3, -0.25) is 4.79 Å². The monoisotopic (exact) mass is 372 g/mol. The Morgan fingerprint density at radius 3 is 2.26 bits per heavy atom. The standard InChI is InChI=1S/C19H21BrN2O/c20-17-8-6-16(7-9-17)19(10-1-11-19)13-22-18(23)15-4-2-14(12-21)3-5-15/h2-9H,1,10-13,21H2,(H,22,23). The number of benzene rings is 2. The summed E-state index contributed by atoms with van der Waals surface area (Å²) >= 11 is 3.48. The van der Waals surface area contributed by atoms with Crippen molar-refractivity contribution in [3.05, 3.63) is 69.7 Å². The van der Waals surface area contributed by atoms with Crippen molar-refractivity contribution in [3.63, 3.8) is 0 Å². The third kappa shape index (κ3) is 3.48. The number of hydrogen-bond acceptors (Lipinski definition) is 2. The summed E-state index contributed by atoms with van der Waals surface area (Å²) in [7, 11) is 0. The zero-order valence-electron chi connectivity index (χ0n) is 13.0. The van der Waals surface area contributed by atoms with Crippen LogP contribution in [0.3, 0.4) is 0 Å². The molecule has 0 atom stereocenters. The van der Waals surface area contributed by atoms with Crippen molar-refractivity contribution in [2.75, 3.05) is 6.54 Å². The van der Waals surface area contributed by atoms with Crippen molar-refractivity contribution in [2.45, 2.75) is 31.2 Å². The molecule has 0 saturated heterocycles. The van der Waals surface area contributed by atoms with Crippen LogP contribution in [0.15, 0.2) is 53.0 Å². The van der Waals surface area contributed by atoms with Crippen LogP contribution in [-0.4, -0.2) is 12.5 Å². The molecule has 2 aromatic rings. The molecule has 0 aliphatic heterocycles. The minimum atomic E-state index is -0.0167. The Labute approximate surface area is 145 Å². The van der Waals surface area contributed by atoms with Gasteiger partial charge in [-0.25, -0.2) is 0 Å². The van der Waals surface area contributed by atoms with E-state index < -0.39 is 0 Å². The molecule has 3 rings (SSSR count). The molecule has 1 amide bonds. The molecule has 0 radical (unpaired) electrons. The molecular weight excluding hydrogens is 352 g/mol. The first-order valence-corrected chi connectivity index (χ1v) is 8.75. The van der Waals surface area contributed by atoms with Gasteiger partial charge in [-0.15, -0.1) is 0 Å². The van der Waals surface area contributed by atoms with Crippen LogP contribution in [0.25, 0.3) is 0 Å². The molecule has 4 heteroatoms. The maximum atomic E-state index is 12.4. The molecule has 23 heavy (non-hydrogen) atoms. The highest BCUT2D eigenvalue weighted by Crippen LogP contribution is 2.43. The summed E-state index contributed by atoms with van der Waals surface area (Å²) < 4.78 is 1.08. The van der Waals surface area contributed by atoms with E-state index in [2.05, 4.69) is 45.5 Å². The third-order valence-electron chi connectivity index (χ3n) is 4.81. The summed E-state index contributed by atoms with van der Waals surface area (Å²) in [5.74, 6) is -0.0167. The lowest BCUT2D eigenvalue weighted by molar-refractivity contribution is 0.0928. The van der Waals surface area contributed by atoms with E-state index >= 15 is 0 Å². The molecule has 0 heterocycles. The Bertz CT molecular complexity index is 676. The molecule has 1 aliphatic rings. The van der Waals surface area contributed by atoms with Crippen LogP contribution < -0.4 is 11.1 Å². The summed E-state index contributed by atoms with van der Waals surface area (Å²) in [4.78, 5) is 12.4. The van der Waals surface area contributed by atoms with Gasteiger partial charge >= 0.3 is 0 Å². The van der Waals surface area contributed by atoms with Gasteiger partial charge < -0.3 is 11.1 Å². The lowest BCUT2D eigenvalue weighted by atomic mass is 9.64. The lowest BCUT2D eigenvalue weighted by Gasteiger charge is -2.42. The number of carbonyl (C=O) groups is 1. The van der Waals surface area contributed by atoms with Gasteiger partial charge in [0.2, 0.25) is 0 Å². The van der Waals surface area contributed by atoms with Crippen molar-refractivity contribution in [2.24, 2.45) is 5.73 Å². The summed E-state index contributed by atoms with van der Waals surface area (Å²) in [6.07, 6.45) is 3.47. The average Bonchev–Trinajstić information content (AvgIpc) is 2.55. The van der Waals surface area contributed by atoms with Gasteiger partial charge in [-0.1, -0.05) is 46.6 Å². The zero-order valence-corrected chi connectivity index (χ0v) is 14.6. The number of nitrogens with two attached hydrogens (primary N) is 1. The Balaban J connectivity index is 1.67. The molecule has 0 spiro atoms. The fraction of sp³-hybridized carbons (Fsp3) is 0.316. The number of carbonyl (C=O) groups excluding carboxylic acids is 1. The van der Waals surface area contributed by atoms with Gasteiger partial charge in [0, 0.05) is 28.5 Å². The van der Waals surface area contributed by atoms with Gasteiger partial charge in [-0.05, 0) is 48.2 Å². The van der Waals surface area contributed by atoms with E-state index in [9.17, 15) is 4.79 Å². The van der Waals surface area contributed by atoms with E-state index in [0.29, 0.717) is 18.7 Å². The summed E-state index contributed by atoms with van der Waals surface area (Å²) in [5, 5.41) is 3.11. The van der Waals surface area contributed by atoms with E-state index in [-0.39, 0.29) is 11.3 Å². The fourth-order valence-corrected chi connectivity index (χ4v) is 3.38. The van der Waals surface area contributed by atoms with E-state index in [4.69, 9.17) is 5.73 Å². The highest BCUT2D eigenvalue weighted by molar-refractivity contribution is 9.10. The maximum absolute atomic E-state index is 12.4. The molecule has 3 N–H and O–H groups in total. The second kappa shape index (κ2) is 6.85. The quantitative estimate of drug-likeness (QED) is 0.839. The summed E-state index contributed by atoms with van der Waals surface area (Å²) in [6.45, 7) is 1.18. The normalized spacial score (nSPS) is 15.7. The van der Waals surface area contributed by atoms with Gasteiger partial charge in [0.1, 0.15) is 0 Å². The number of halogens is 1. The van der Waals surface area contributed by atoms with Crippen LogP contribution in [0.4, 0.5) is 0 Å². The predicted octanol–water partition coefficient (Wildman–Crippen LogP) is 3.76. The second-order valence-electron chi connectivity index (χ2n) is 6.22. The predicted molar refractivity (Wildman–Crippen MR) is 96.3 cm³/mol. The Hall–Kier alpha value is -1.65. The minimum absolute atomic E-state index is 0.0167. The minimum Gasteiger partial charge on any atom is -0.351 e. The highest BCUT2D eigenvalue weighted by Gasteiger charge is 2.38. The van der Waals surface area contributed by atoms with E-state index in [1.54, 1.807) is 0 Å². The number of nitrogens with one attached hydrogen (secondary N) is 1. The molecule has 3 nitrogen and oxygen atoms in total. The molecule has 120 valence electrons. The van der Waals surface area contributed by atoms with Gasteiger partial charge in [0.15, 0.2) is 0 Å². The molecule has 1 saturated carbocycles. The number of rotatable bonds is 5. The van der Waals surface area contributed by atoms with Crippen molar-refractivity contribution < 1.29 is 4.79 Å². The Kier molecular flexibility index (Phi) is 4.83. The smallest absolute Gasteiger partial charge is 0.251 e. The van der Waals surface area contributed by atoms with Crippen LogP contribution in [-0.2, 0) is 12.0 Å². The van der Waals surface area contributed by atoms with Crippen LogP contribution in [0.2, 0.25) is 0 Å². The van der Waals surface area contributed by atoms with Crippen molar-refractivity contribution in [1.82, 2.24) is 5.32 Å². The van der Waals surface area contributed by atoms with Gasteiger partial charge in [-0.2, -0.15) is 0 Å². The second-order valence-corrected chi connectivity index (χ2v) is 7.14. The van der Waals surface area contributed by atoms with E-state index in [1.807, 2.05) is 24.3 Å². The van der Waals surface area contributed by atoms with Gasteiger partial charge in [0.05, 0.1) is 0 Å². The summed E-state index contributed by atoms with van der Waals surface area (Å²) in [6, 6.07) is 15.9. The summed E-state index contributed by atoms with van der Waals surface area (Å²) in [5.41, 5.74) is 8.71. The van der Waals surface area contributed by atoms with Crippen molar-refractivity contribution in [3.8, 4) is 0 Å². The molecule has 2 aromatic carbocycles. The fourth-order valence-electron chi connectivity index (χ4n) is 3.12. The molecule has 1 fully saturated rings. The van der Waals surface area contributed by atoms with Crippen LogP contribution in [0.5, 0.6) is 0 Å². The van der Waals surface area contributed by atoms with Gasteiger partial charge in [0.25, 0.3) is 5.91 Å². The van der Waals surface area contributed by atoms with Crippen LogP contribution in [0, 0.1) is 0 Å². The number of amides is 1. The first-order chi connectivity index (χ1) is 11.1. The van der Waals surface area contributed by atoms with Crippen LogP contribution in [0.1, 0.15) is 40.7 Å². The molecule has 0 aromatic heterocycles. The number of hydrogen-bond donors (Lipinski definition) is 2. The highest BCUT2D eigenvalue weighted by atomic mass is 79.9. The maximum Gasteiger partial charge on any atom is 0.251 e. The molecule has 0 bridgehead atoms. The first-order valence-electron chi connectivity index (χ1n) is 7.96. The van der Waals surface area contributed by atoms with E-state index in [1.165, 1.54) is 12.0 Å². The molecule has 1 aliphatic carbocycles. The van der Waals surface area contributed by atoms with E-state index in [0.717, 1.165) is 22.9 Å². The SMILES string of the molecule is NCc1ccc(C(=O)NCC2(c3ccc(Br)cc3)CCC2)cc1. The topological polar surface area (TPSA) is 55.1 Å². The largest absolute Gasteiger partial charge is 0.351 e. The molecular formula is C19H21BrN2O. The van der Waals surface area contributed by atoms with Crippen molar-refractivity contribution in [1.29, 1.82) is 0 Å². The lowest BCUT2D eigenvalue weighted by Crippen LogP contribution is -2.45. The Morgan fingerprint density at radius 1 is 1.09 bits per heavy atom. The third-order valence-corrected chi connectivity index (χ3v) is 5.34. The Morgan fingerprint density at radius 2 is 1.74 bits per heavy atom. The van der Waals surface area contributed by atoms with Crippen molar-refractivity contribution >= 4 is 21.8 Å².